The largest absolute Gasteiger partial charge is 0.469 e. The van der Waals surface area contributed by atoms with E-state index in [4.69, 9.17) is 15.2 Å². The van der Waals surface area contributed by atoms with Crippen molar-refractivity contribution in [1.29, 1.82) is 0 Å². The van der Waals surface area contributed by atoms with Crippen molar-refractivity contribution < 1.29 is 19.1 Å². The van der Waals surface area contributed by atoms with E-state index >= 15 is 0 Å². The van der Waals surface area contributed by atoms with Crippen LogP contribution in [0.1, 0.15) is 40.0 Å². The molecule has 0 aromatic heterocycles. The van der Waals surface area contributed by atoms with E-state index in [0.29, 0.717) is 12.8 Å². The monoisotopic (exact) mass is 272 g/mol. The number of hydrogen-bond donors (Lipinski definition) is 2. The van der Waals surface area contributed by atoms with Gasteiger partial charge in [-0.3, -0.25) is 4.79 Å². The van der Waals surface area contributed by atoms with Gasteiger partial charge in [0.25, 0.3) is 0 Å². The average molecular weight is 272 g/mol. The highest BCUT2D eigenvalue weighted by Gasteiger charge is 2.35. The van der Waals surface area contributed by atoms with Gasteiger partial charge in [-0.1, -0.05) is 0 Å². The topological polar surface area (TPSA) is 90.6 Å². The molecule has 0 heterocycles. The van der Waals surface area contributed by atoms with Crippen molar-refractivity contribution in [2.45, 2.75) is 57.7 Å². The zero-order valence-electron chi connectivity index (χ0n) is 12.1. The number of esters is 1. The van der Waals surface area contributed by atoms with E-state index < -0.39 is 11.7 Å². The molecule has 0 aliphatic heterocycles. The Morgan fingerprint density at radius 3 is 2.42 bits per heavy atom. The first-order valence-electron chi connectivity index (χ1n) is 6.56. The maximum atomic E-state index is 11.7. The van der Waals surface area contributed by atoms with Crippen molar-refractivity contribution in [2.24, 2.45) is 11.7 Å². The van der Waals surface area contributed by atoms with Gasteiger partial charge < -0.3 is 20.5 Å². The molecule has 0 aromatic carbocycles. The zero-order chi connectivity index (χ0) is 14.6. The van der Waals surface area contributed by atoms with Gasteiger partial charge in [0.05, 0.1) is 13.0 Å². The molecular formula is C13H24N2O4. The van der Waals surface area contributed by atoms with Crippen LogP contribution in [0.2, 0.25) is 0 Å². The molecule has 19 heavy (non-hydrogen) atoms. The molecule has 1 amide bonds. The standard InChI is InChI=1S/C13H24N2O4/c1-13(2,3)19-12(17)15-8-5-6-10(14)9(7-8)11(16)18-4/h8-10H,5-7,14H2,1-4H3,(H,15,17). The SMILES string of the molecule is COC(=O)C1CC(NC(=O)OC(C)(C)C)CCC1N. The van der Waals surface area contributed by atoms with Crippen LogP contribution in [-0.4, -0.2) is 36.9 Å². The Kier molecular flexibility index (Phi) is 5.17. The van der Waals surface area contributed by atoms with Gasteiger partial charge in [-0.25, -0.2) is 4.79 Å². The lowest BCUT2D eigenvalue weighted by Gasteiger charge is -2.33. The fourth-order valence-electron chi connectivity index (χ4n) is 2.22. The quantitative estimate of drug-likeness (QED) is 0.737. The Hall–Kier alpha value is -1.30. The van der Waals surface area contributed by atoms with E-state index in [0.717, 1.165) is 6.42 Å². The summed E-state index contributed by atoms with van der Waals surface area (Å²) in [6.45, 7) is 5.42. The molecule has 0 aromatic rings. The minimum Gasteiger partial charge on any atom is -0.469 e. The molecule has 0 radical (unpaired) electrons. The number of carbonyl (C=O) groups excluding carboxylic acids is 2. The molecule has 6 nitrogen and oxygen atoms in total. The third-order valence-corrected chi connectivity index (χ3v) is 3.13. The maximum absolute atomic E-state index is 11.7. The number of nitrogens with two attached hydrogens (primary N) is 1. The van der Waals surface area contributed by atoms with Crippen LogP contribution in [0.5, 0.6) is 0 Å². The molecule has 1 fully saturated rings. The molecule has 0 bridgehead atoms. The molecule has 1 saturated carbocycles. The van der Waals surface area contributed by atoms with Gasteiger partial charge in [-0.15, -0.1) is 0 Å². The van der Waals surface area contributed by atoms with Crippen LogP contribution in [0.15, 0.2) is 0 Å². The number of nitrogens with one attached hydrogen (secondary N) is 1. The molecule has 6 heteroatoms. The number of amides is 1. The summed E-state index contributed by atoms with van der Waals surface area (Å²) < 4.78 is 9.92. The minimum atomic E-state index is -0.531. The maximum Gasteiger partial charge on any atom is 0.407 e. The number of hydrogen-bond acceptors (Lipinski definition) is 5. The van der Waals surface area contributed by atoms with Crippen molar-refractivity contribution in [1.82, 2.24) is 5.32 Å². The lowest BCUT2D eigenvalue weighted by molar-refractivity contribution is -0.147. The van der Waals surface area contributed by atoms with Crippen LogP contribution in [0.25, 0.3) is 0 Å². The van der Waals surface area contributed by atoms with Crippen LogP contribution >= 0.6 is 0 Å². The molecular weight excluding hydrogens is 248 g/mol. The van der Waals surface area contributed by atoms with Crippen molar-refractivity contribution >= 4 is 12.1 Å². The van der Waals surface area contributed by atoms with Crippen LogP contribution in [0.3, 0.4) is 0 Å². The summed E-state index contributed by atoms with van der Waals surface area (Å²) in [6.07, 6.45) is 1.46. The molecule has 110 valence electrons. The lowest BCUT2D eigenvalue weighted by Crippen LogP contribution is -2.49. The lowest BCUT2D eigenvalue weighted by atomic mass is 9.82. The highest BCUT2D eigenvalue weighted by molar-refractivity contribution is 5.73. The predicted octanol–water partition coefficient (Wildman–Crippen LogP) is 1.18. The van der Waals surface area contributed by atoms with Gasteiger partial charge in [0.15, 0.2) is 0 Å². The second-order valence-electron chi connectivity index (χ2n) is 5.95. The van der Waals surface area contributed by atoms with Crippen LogP contribution in [0.4, 0.5) is 4.79 Å². The number of rotatable bonds is 2. The second-order valence-corrected chi connectivity index (χ2v) is 5.95. The van der Waals surface area contributed by atoms with E-state index in [1.165, 1.54) is 7.11 Å². The fourth-order valence-corrected chi connectivity index (χ4v) is 2.22. The zero-order valence-corrected chi connectivity index (χ0v) is 12.1. The molecule has 1 aliphatic carbocycles. The summed E-state index contributed by atoms with van der Waals surface area (Å²) >= 11 is 0. The molecule has 0 spiro atoms. The normalized spacial score (nSPS) is 27.5. The summed E-state index contributed by atoms with van der Waals surface area (Å²) in [5.74, 6) is -0.679. The van der Waals surface area contributed by atoms with E-state index in [-0.39, 0.29) is 24.0 Å². The number of ether oxygens (including phenoxy) is 2. The molecule has 3 atom stereocenters. The summed E-state index contributed by atoms with van der Waals surface area (Å²) in [4.78, 5) is 23.3. The van der Waals surface area contributed by atoms with Crippen LogP contribution in [0, 0.1) is 5.92 Å². The average Bonchev–Trinajstić information content (AvgIpc) is 2.28. The summed E-state index contributed by atoms with van der Waals surface area (Å²) in [7, 11) is 1.35. The first-order valence-corrected chi connectivity index (χ1v) is 6.56. The van der Waals surface area contributed by atoms with Crippen molar-refractivity contribution in [3.05, 3.63) is 0 Å². The van der Waals surface area contributed by atoms with E-state index in [1.807, 2.05) is 0 Å². The molecule has 1 aliphatic rings. The molecule has 0 saturated heterocycles. The fraction of sp³-hybridized carbons (Fsp3) is 0.846. The van der Waals surface area contributed by atoms with Crippen molar-refractivity contribution in [3.8, 4) is 0 Å². The van der Waals surface area contributed by atoms with Gasteiger partial charge in [-0.05, 0) is 40.0 Å². The first kappa shape index (κ1) is 15.8. The Bertz CT molecular complexity index is 338. The Morgan fingerprint density at radius 2 is 1.89 bits per heavy atom. The summed E-state index contributed by atoms with van der Waals surface area (Å²) in [5, 5.41) is 2.78. The molecule has 1 rings (SSSR count). The second kappa shape index (κ2) is 6.23. The smallest absolute Gasteiger partial charge is 0.407 e. The predicted molar refractivity (Wildman–Crippen MR) is 70.5 cm³/mol. The summed E-state index contributed by atoms with van der Waals surface area (Å²) in [5.41, 5.74) is 5.37. The van der Waals surface area contributed by atoms with E-state index in [1.54, 1.807) is 20.8 Å². The van der Waals surface area contributed by atoms with E-state index in [9.17, 15) is 9.59 Å². The first-order chi connectivity index (χ1) is 8.73. The third kappa shape index (κ3) is 5.06. The highest BCUT2D eigenvalue weighted by atomic mass is 16.6. The number of alkyl carbamates (subject to hydrolysis) is 1. The molecule has 3 N–H and O–H groups in total. The van der Waals surface area contributed by atoms with Gasteiger partial charge in [0, 0.05) is 12.1 Å². The summed E-state index contributed by atoms with van der Waals surface area (Å²) in [6, 6.07) is -0.303. The van der Waals surface area contributed by atoms with Gasteiger partial charge in [0.1, 0.15) is 5.60 Å². The van der Waals surface area contributed by atoms with Gasteiger partial charge >= 0.3 is 12.1 Å². The Balaban J connectivity index is 2.52. The van der Waals surface area contributed by atoms with Crippen LogP contribution < -0.4 is 11.1 Å². The number of methoxy groups -OCH3 is 1. The van der Waals surface area contributed by atoms with Gasteiger partial charge in [0.2, 0.25) is 0 Å². The Morgan fingerprint density at radius 1 is 1.26 bits per heavy atom. The number of carbonyl (C=O) groups is 2. The van der Waals surface area contributed by atoms with Crippen molar-refractivity contribution in [3.63, 3.8) is 0 Å². The third-order valence-electron chi connectivity index (χ3n) is 3.13. The van der Waals surface area contributed by atoms with E-state index in [2.05, 4.69) is 5.32 Å². The van der Waals surface area contributed by atoms with Crippen molar-refractivity contribution in [2.75, 3.05) is 7.11 Å². The highest BCUT2D eigenvalue weighted by Crippen LogP contribution is 2.25. The Labute approximate surface area is 114 Å². The van der Waals surface area contributed by atoms with Gasteiger partial charge in [-0.2, -0.15) is 0 Å². The van der Waals surface area contributed by atoms with Crippen LogP contribution in [-0.2, 0) is 14.3 Å². The molecule has 3 unspecified atom stereocenters. The minimum absolute atomic E-state index is 0.0984.